The molecule has 2 heterocycles. The average molecular weight is 538 g/mol. The normalized spacial score (nSPS) is 14.9. The molecule has 0 saturated carbocycles. The molecule has 2 aromatic carbocycles. The van der Waals surface area contributed by atoms with Crippen LogP contribution in [0.2, 0.25) is 0 Å². The predicted octanol–water partition coefficient (Wildman–Crippen LogP) is 2.64. The second kappa shape index (κ2) is 10.8. The lowest BCUT2D eigenvalue weighted by molar-refractivity contribution is -0.385. The molecule has 1 aliphatic heterocycles. The zero-order valence-corrected chi connectivity index (χ0v) is 21.7. The molecule has 38 heavy (non-hydrogen) atoms. The summed E-state index contributed by atoms with van der Waals surface area (Å²) in [5, 5.41) is 11.5. The summed E-state index contributed by atoms with van der Waals surface area (Å²) in [6, 6.07) is 9.82. The molecule has 0 spiro atoms. The van der Waals surface area contributed by atoms with Crippen molar-refractivity contribution in [3.63, 3.8) is 0 Å². The van der Waals surface area contributed by atoms with Crippen LogP contribution < -0.4 is 24.4 Å². The van der Waals surface area contributed by atoms with Crippen LogP contribution in [0.5, 0.6) is 11.5 Å². The quantitative estimate of drug-likeness (QED) is 0.194. The maximum atomic E-state index is 13.7. The average Bonchev–Trinajstić information content (AvgIpc) is 3.17. The smallest absolute Gasteiger partial charge is 0.338 e. The third kappa shape index (κ3) is 4.98. The van der Waals surface area contributed by atoms with Crippen molar-refractivity contribution < 1.29 is 28.7 Å². The summed E-state index contributed by atoms with van der Waals surface area (Å²) in [5.74, 6) is -0.791. The van der Waals surface area contributed by atoms with Gasteiger partial charge in [-0.15, -0.1) is 0 Å². The van der Waals surface area contributed by atoms with Crippen LogP contribution >= 0.6 is 11.3 Å². The number of aromatic nitrogens is 1. The molecule has 196 valence electrons. The summed E-state index contributed by atoms with van der Waals surface area (Å²) in [4.78, 5) is 54.1. The van der Waals surface area contributed by atoms with Crippen LogP contribution in [0.1, 0.15) is 37.9 Å². The highest BCUT2D eigenvalue weighted by molar-refractivity contribution is 7.07. The lowest BCUT2D eigenvalue weighted by Crippen LogP contribution is -2.40. The minimum absolute atomic E-state index is 0.110. The number of allylic oxidation sites excluding steroid dienone is 1. The maximum Gasteiger partial charge on any atom is 0.338 e. The molecule has 0 fully saturated rings. The molecule has 0 saturated heterocycles. The zero-order chi connectivity index (χ0) is 27.6. The predicted molar refractivity (Wildman–Crippen MR) is 138 cm³/mol. The third-order valence-corrected chi connectivity index (χ3v) is 6.68. The Kier molecular flexibility index (Phi) is 7.53. The Labute approximate surface area is 220 Å². The summed E-state index contributed by atoms with van der Waals surface area (Å²) in [6.07, 6.45) is 1.44. The largest absolute Gasteiger partial charge is 0.493 e. The van der Waals surface area contributed by atoms with E-state index in [4.69, 9.17) is 14.2 Å². The van der Waals surface area contributed by atoms with Crippen LogP contribution in [0.3, 0.4) is 0 Å². The SMILES string of the molecule is CCOC(=O)C1=C(C)N=c2sc(=Cc3ccccc3[N+](=O)[O-])c(=O)n2C1c1ccc(OC(C)=O)c(OC)c1. The van der Waals surface area contributed by atoms with E-state index in [1.54, 1.807) is 44.2 Å². The zero-order valence-electron chi connectivity index (χ0n) is 20.9. The molecule has 1 aromatic heterocycles. The van der Waals surface area contributed by atoms with E-state index >= 15 is 0 Å². The number of esters is 2. The summed E-state index contributed by atoms with van der Waals surface area (Å²) >= 11 is 1.05. The Hall–Kier alpha value is -4.58. The van der Waals surface area contributed by atoms with E-state index < -0.39 is 28.5 Å². The van der Waals surface area contributed by atoms with Gasteiger partial charge in [0.2, 0.25) is 0 Å². The van der Waals surface area contributed by atoms with E-state index in [2.05, 4.69) is 4.99 Å². The van der Waals surface area contributed by atoms with Crippen LogP contribution in [0, 0.1) is 10.1 Å². The minimum atomic E-state index is -0.946. The number of hydrogen-bond acceptors (Lipinski definition) is 10. The number of thiazole rings is 1. The van der Waals surface area contributed by atoms with Crippen molar-refractivity contribution in [3.05, 3.63) is 94.7 Å². The number of ether oxygens (including phenoxy) is 3. The molecule has 0 amide bonds. The first kappa shape index (κ1) is 26.5. The molecule has 0 radical (unpaired) electrons. The molecular formula is C26H23N3O8S. The van der Waals surface area contributed by atoms with Gasteiger partial charge in [-0.3, -0.25) is 24.3 Å². The van der Waals surface area contributed by atoms with Gasteiger partial charge in [-0.05, 0) is 43.7 Å². The number of para-hydroxylation sites is 1. The Bertz CT molecular complexity index is 1670. The van der Waals surface area contributed by atoms with Crippen molar-refractivity contribution in [1.29, 1.82) is 0 Å². The van der Waals surface area contributed by atoms with Gasteiger partial charge in [0.15, 0.2) is 16.3 Å². The van der Waals surface area contributed by atoms with E-state index in [1.807, 2.05) is 0 Å². The van der Waals surface area contributed by atoms with Gasteiger partial charge in [-0.2, -0.15) is 0 Å². The van der Waals surface area contributed by atoms with Gasteiger partial charge in [0.1, 0.15) is 0 Å². The van der Waals surface area contributed by atoms with Crippen molar-refractivity contribution in [2.75, 3.05) is 13.7 Å². The number of rotatable bonds is 7. The highest BCUT2D eigenvalue weighted by Gasteiger charge is 2.34. The van der Waals surface area contributed by atoms with E-state index in [1.165, 1.54) is 36.8 Å². The number of carbonyl (C=O) groups is 2. The second-order valence-electron chi connectivity index (χ2n) is 8.12. The lowest BCUT2D eigenvalue weighted by atomic mass is 9.95. The number of nitro benzene ring substituents is 1. The van der Waals surface area contributed by atoms with Gasteiger partial charge in [0.25, 0.3) is 11.2 Å². The summed E-state index contributed by atoms with van der Waals surface area (Å²) in [5.41, 5.74) is 0.605. The summed E-state index contributed by atoms with van der Waals surface area (Å²) in [6.45, 7) is 4.68. The molecule has 12 heteroatoms. The topological polar surface area (TPSA) is 139 Å². The van der Waals surface area contributed by atoms with Crippen LogP contribution in [-0.2, 0) is 14.3 Å². The maximum absolute atomic E-state index is 13.7. The first-order valence-electron chi connectivity index (χ1n) is 11.5. The molecule has 11 nitrogen and oxygen atoms in total. The molecule has 4 rings (SSSR count). The monoisotopic (exact) mass is 537 g/mol. The number of nitro groups is 1. The van der Waals surface area contributed by atoms with E-state index in [-0.39, 0.29) is 39.5 Å². The number of hydrogen-bond donors (Lipinski definition) is 0. The van der Waals surface area contributed by atoms with Crippen molar-refractivity contribution in [1.82, 2.24) is 4.57 Å². The van der Waals surface area contributed by atoms with E-state index in [0.717, 1.165) is 11.3 Å². The highest BCUT2D eigenvalue weighted by atomic mass is 32.1. The van der Waals surface area contributed by atoms with Crippen molar-refractivity contribution in [2.24, 2.45) is 4.99 Å². The van der Waals surface area contributed by atoms with Gasteiger partial charge in [-0.1, -0.05) is 29.5 Å². The number of benzene rings is 2. The molecule has 1 aliphatic rings. The van der Waals surface area contributed by atoms with Crippen molar-refractivity contribution >= 4 is 35.0 Å². The molecular weight excluding hydrogens is 514 g/mol. The van der Waals surface area contributed by atoms with Crippen molar-refractivity contribution in [2.45, 2.75) is 26.8 Å². The number of nitrogens with zero attached hydrogens (tertiary/aromatic N) is 3. The fourth-order valence-corrected chi connectivity index (χ4v) is 5.15. The summed E-state index contributed by atoms with van der Waals surface area (Å²) < 4.78 is 17.4. The first-order valence-corrected chi connectivity index (χ1v) is 12.3. The lowest BCUT2D eigenvalue weighted by Gasteiger charge is -2.25. The summed E-state index contributed by atoms with van der Waals surface area (Å²) in [7, 11) is 1.40. The molecule has 0 bridgehead atoms. The van der Waals surface area contributed by atoms with Crippen LogP contribution in [0.25, 0.3) is 6.08 Å². The Morgan fingerprint density at radius 1 is 1.21 bits per heavy atom. The highest BCUT2D eigenvalue weighted by Crippen LogP contribution is 2.36. The van der Waals surface area contributed by atoms with Gasteiger partial charge < -0.3 is 14.2 Å². The molecule has 1 atom stereocenters. The standard InChI is InChI=1S/C26H23N3O8S/c1-5-36-25(32)22-14(2)27-26-28(23(22)17-10-11-19(37-15(3)30)20(12-17)35-4)24(31)21(38-26)13-16-8-6-7-9-18(16)29(33)34/h6-13,23H,5H2,1-4H3. The number of methoxy groups -OCH3 is 1. The van der Waals surface area contributed by atoms with Crippen molar-refractivity contribution in [3.8, 4) is 11.5 Å². The van der Waals surface area contributed by atoms with E-state index in [9.17, 15) is 24.5 Å². The fraction of sp³-hybridized carbons (Fsp3) is 0.231. The Morgan fingerprint density at radius 2 is 1.95 bits per heavy atom. The minimum Gasteiger partial charge on any atom is -0.493 e. The van der Waals surface area contributed by atoms with Gasteiger partial charge in [0.05, 0.1) is 46.0 Å². The first-order chi connectivity index (χ1) is 18.2. The Balaban J connectivity index is 1.98. The third-order valence-electron chi connectivity index (χ3n) is 5.69. The van der Waals surface area contributed by atoms with Gasteiger partial charge in [-0.25, -0.2) is 9.79 Å². The molecule has 0 N–H and O–H groups in total. The Morgan fingerprint density at radius 3 is 2.61 bits per heavy atom. The molecule has 0 aliphatic carbocycles. The van der Waals surface area contributed by atoms with E-state index in [0.29, 0.717) is 16.1 Å². The second-order valence-corrected chi connectivity index (χ2v) is 9.13. The van der Waals surface area contributed by atoms with Gasteiger partial charge >= 0.3 is 11.9 Å². The van der Waals surface area contributed by atoms with Gasteiger partial charge in [0, 0.05) is 13.0 Å². The van der Waals surface area contributed by atoms with Crippen LogP contribution in [-0.4, -0.2) is 35.1 Å². The van der Waals surface area contributed by atoms with Crippen LogP contribution in [0.15, 0.2) is 63.5 Å². The molecule has 3 aromatic rings. The fourth-order valence-electron chi connectivity index (χ4n) is 4.12. The van der Waals surface area contributed by atoms with Crippen LogP contribution in [0.4, 0.5) is 5.69 Å². The number of fused-ring (bicyclic) bond motifs is 1. The number of carbonyl (C=O) groups excluding carboxylic acids is 2. The molecule has 1 unspecified atom stereocenters.